The van der Waals surface area contributed by atoms with Gasteiger partial charge in [-0.05, 0) is 12.8 Å². The van der Waals surface area contributed by atoms with Crippen LogP contribution in [0.1, 0.15) is 19.3 Å². The van der Waals surface area contributed by atoms with Gasteiger partial charge in [-0.3, -0.25) is 0 Å². The summed E-state index contributed by atoms with van der Waals surface area (Å²) in [6.07, 6.45) is 1.07. The first kappa shape index (κ1) is 15.2. The number of aliphatic carboxylic acids is 1. The van der Waals surface area contributed by atoms with Gasteiger partial charge in [0.05, 0.1) is 7.11 Å². The van der Waals surface area contributed by atoms with Crippen molar-refractivity contribution in [2.45, 2.75) is 31.3 Å². The number of nitrogens with zero attached hydrogens (tertiary/aromatic N) is 1. The molecule has 0 radical (unpaired) electrons. The number of aliphatic hydroxyl groups excluding tert-OH is 1. The van der Waals surface area contributed by atoms with E-state index in [0.717, 1.165) is 0 Å². The largest absolute Gasteiger partial charge is 0.480 e. The summed E-state index contributed by atoms with van der Waals surface area (Å²) in [4.78, 5) is 35.5. The molecule has 0 spiro atoms. The fourth-order valence-electron chi connectivity index (χ4n) is 2.01. The van der Waals surface area contributed by atoms with Gasteiger partial charge >= 0.3 is 18.0 Å². The lowest BCUT2D eigenvalue weighted by Crippen LogP contribution is -2.51. The molecule has 0 saturated carbocycles. The lowest BCUT2D eigenvalue weighted by Gasteiger charge is -2.24. The molecule has 1 heterocycles. The lowest BCUT2D eigenvalue weighted by atomic mass is 10.2. The number of hydrogen-bond acceptors (Lipinski definition) is 5. The number of likely N-dealkylation sites (tertiary alicyclic amines) is 1. The van der Waals surface area contributed by atoms with Gasteiger partial charge in [0.25, 0.3) is 0 Å². The molecule has 108 valence electrons. The van der Waals surface area contributed by atoms with Crippen molar-refractivity contribution in [3.05, 3.63) is 0 Å². The first-order valence-corrected chi connectivity index (χ1v) is 6.00. The van der Waals surface area contributed by atoms with E-state index in [0.29, 0.717) is 19.4 Å². The lowest BCUT2D eigenvalue weighted by molar-refractivity contribution is -0.144. The predicted molar refractivity (Wildman–Crippen MR) is 63.4 cm³/mol. The average molecular weight is 274 g/mol. The zero-order valence-electron chi connectivity index (χ0n) is 10.7. The molecule has 1 aliphatic rings. The van der Waals surface area contributed by atoms with Crippen LogP contribution in [-0.4, -0.2) is 65.4 Å². The molecule has 0 aromatic carbocycles. The summed E-state index contributed by atoms with van der Waals surface area (Å²) in [5, 5.41) is 19.9. The van der Waals surface area contributed by atoms with Gasteiger partial charge < -0.3 is 25.2 Å². The van der Waals surface area contributed by atoms with Crippen molar-refractivity contribution in [3.8, 4) is 0 Å². The molecule has 1 rings (SSSR count). The molecule has 2 atom stereocenters. The van der Waals surface area contributed by atoms with Gasteiger partial charge in [-0.1, -0.05) is 0 Å². The van der Waals surface area contributed by atoms with Gasteiger partial charge in [0.1, 0.15) is 12.1 Å². The van der Waals surface area contributed by atoms with Crippen molar-refractivity contribution >= 4 is 18.0 Å². The standard InChI is InChI=1S/C11H18N2O6/c1-19-10(17)8-3-2-5-13(8)11(18)12-7(4-6-14)9(15)16/h7-8,14H,2-6H2,1H3,(H,12,18)(H,15,16). The molecular formula is C11H18N2O6. The molecule has 1 fully saturated rings. The van der Waals surface area contributed by atoms with Gasteiger partial charge in [-0.25, -0.2) is 14.4 Å². The van der Waals surface area contributed by atoms with Gasteiger partial charge in [-0.15, -0.1) is 0 Å². The van der Waals surface area contributed by atoms with Gasteiger partial charge in [0, 0.05) is 19.6 Å². The van der Waals surface area contributed by atoms with Crippen LogP contribution in [0.5, 0.6) is 0 Å². The zero-order valence-corrected chi connectivity index (χ0v) is 10.7. The second-order valence-electron chi connectivity index (χ2n) is 4.23. The second-order valence-corrected chi connectivity index (χ2v) is 4.23. The number of aliphatic hydroxyl groups is 1. The van der Waals surface area contributed by atoms with Gasteiger partial charge in [0.2, 0.25) is 0 Å². The van der Waals surface area contributed by atoms with Crippen LogP contribution >= 0.6 is 0 Å². The molecule has 2 unspecified atom stereocenters. The zero-order chi connectivity index (χ0) is 14.4. The normalized spacial score (nSPS) is 19.9. The molecule has 2 amide bonds. The quantitative estimate of drug-likeness (QED) is 0.563. The number of carbonyl (C=O) groups excluding carboxylic acids is 2. The summed E-state index contributed by atoms with van der Waals surface area (Å²) in [7, 11) is 1.24. The van der Waals surface area contributed by atoms with Crippen molar-refractivity contribution in [1.29, 1.82) is 0 Å². The minimum absolute atomic E-state index is 0.0855. The maximum Gasteiger partial charge on any atom is 0.328 e. The number of carbonyl (C=O) groups is 3. The van der Waals surface area contributed by atoms with Crippen molar-refractivity contribution in [1.82, 2.24) is 10.2 Å². The van der Waals surface area contributed by atoms with Crippen LogP contribution in [0, 0.1) is 0 Å². The third-order valence-electron chi connectivity index (χ3n) is 3.00. The smallest absolute Gasteiger partial charge is 0.328 e. The first-order valence-electron chi connectivity index (χ1n) is 6.00. The van der Waals surface area contributed by atoms with Crippen molar-refractivity contribution in [2.75, 3.05) is 20.3 Å². The van der Waals surface area contributed by atoms with Crippen LogP contribution in [0.3, 0.4) is 0 Å². The number of esters is 1. The summed E-state index contributed by atoms with van der Waals surface area (Å²) >= 11 is 0. The summed E-state index contributed by atoms with van der Waals surface area (Å²) in [6.45, 7) is 0.0226. The van der Waals surface area contributed by atoms with Crippen LogP contribution in [0.4, 0.5) is 4.79 Å². The summed E-state index contributed by atoms with van der Waals surface area (Å²) in [5.74, 6) is -1.74. The van der Waals surface area contributed by atoms with Crippen molar-refractivity contribution < 1.29 is 29.3 Å². The maximum absolute atomic E-state index is 11.9. The van der Waals surface area contributed by atoms with Crippen LogP contribution in [-0.2, 0) is 14.3 Å². The second kappa shape index (κ2) is 6.93. The van der Waals surface area contributed by atoms with Crippen LogP contribution in [0.15, 0.2) is 0 Å². The Balaban J connectivity index is 2.65. The monoisotopic (exact) mass is 274 g/mol. The number of nitrogens with one attached hydrogen (secondary N) is 1. The van der Waals surface area contributed by atoms with E-state index in [1.807, 2.05) is 0 Å². The highest BCUT2D eigenvalue weighted by Crippen LogP contribution is 2.18. The maximum atomic E-state index is 11.9. The Labute approximate surface area is 110 Å². The van der Waals surface area contributed by atoms with Crippen molar-refractivity contribution in [2.24, 2.45) is 0 Å². The fraction of sp³-hybridized carbons (Fsp3) is 0.727. The Hall–Kier alpha value is -1.83. The molecular weight excluding hydrogens is 256 g/mol. The van der Waals surface area contributed by atoms with E-state index in [-0.39, 0.29) is 13.0 Å². The Bertz CT molecular complexity index is 359. The highest BCUT2D eigenvalue weighted by Gasteiger charge is 2.36. The SMILES string of the molecule is COC(=O)C1CCCN1C(=O)NC(CCO)C(=O)O. The number of hydrogen-bond donors (Lipinski definition) is 3. The predicted octanol–water partition coefficient (Wildman–Crippen LogP) is -0.831. The average Bonchev–Trinajstić information content (AvgIpc) is 2.86. The number of carboxylic acids is 1. The molecule has 8 heteroatoms. The fourth-order valence-corrected chi connectivity index (χ4v) is 2.01. The number of ether oxygens (including phenoxy) is 1. The topological polar surface area (TPSA) is 116 Å². The summed E-state index contributed by atoms with van der Waals surface area (Å²) < 4.78 is 4.60. The van der Waals surface area contributed by atoms with E-state index in [1.165, 1.54) is 12.0 Å². The molecule has 1 saturated heterocycles. The Kier molecular flexibility index (Phi) is 5.56. The summed E-state index contributed by atoms with van der Waals surface area (Å²) in [6, 6.07) is -2.47. The Morgan fingerprint density at radius 1 is 1.47 bits per heavy atom. The van der Waals surface area contributed by atoms with E-state index in [2.05, 4.69) is 10.1 Å². The number of urea groups is 1. The Morgan fingerprint density at radius 2 is 2.16 bits per heavy atom. The van der Waals surface area contributed by atoms with E-state index in [4.69, 9.17) is 10.2 Å². The number of amides is 2. The molecule has 0 aliphatic carbocycles. The minimum Gasteiger partial charge on any atom is -0.480 e. The van der Waals surface area contributed by atoms with Crippen molar-refractivity contribution in [3.63, 3.8) is 0 Å². The molecule has 1 aliphatic heterocycles. The third-order valence-corrected chi connectivity index (χ3v) is 3.00. The highest BCUT2D eigenvalue weighted by atomic mass is 16.5. The summed E-state index contributed by atoms with van der Waals surface area (Å²) in [5.41, 5.74) is 0. The molecule has 3 N–H and O–H groups in total. The Morgan fingerprint density at radius 3 is 2.68 bits per heavy atom. The van der Waals surface area contributed by atoms with Gasteiger partial charge in [0.15, 0.2) is 0 Å². The number of methoxy groups -OCH3 is 1. The van der Waals surface area contributed by atoms with E-state index < -0.39 is 30.1 Å². The van der Waals surface area contributed by atoms with E-state index in [9.17, 15) is 14.4 Å². The molecule has 0 bridgehead atoms. The van der Waals surface area contributed by atoms with E-state index in [1.54, 1.807) is 0 Å². The molecule has 0 aromatic heterocycles. The van der Waals surface area contributed by atoms with E-state index >= 15 is 0 Å². The van der Waals surface area contributed by atoms with Gasteiger partial charge in [-0.2, -0.15) is 0 Å². The van der Waals surface area contributed by atoms with Crippen LogP contribution < -0.4 is 5.32 Å². The molecule has 8 nitrogen and oxygen atoms in total. The first-order chi connectivity index (χ1) is 9.01. The van der Waals surface area contributed by atoms with Crippen LogP contribution in [0.25, 0.3) is 0 Å². The molecule has 19 heavy (non-hydrogen) atoms. The highest BCUT2D eigenvalue weighted by molar-refractivity contribution is 5.87. The number of rotatable bonds is 5. The minimum atomic E-state index is -1.23. The van der Waals surface area contributed by atoms with Crippen LogP contribution in [0.2, 0.25) is 0 Å². The number of carboxylic acid groups (broad SMARTS) is 1. The third kappa shape index (κ3) is 3.82. The molecule has 0 aromatic rings.